The Morgan fingerprint density at radius 3 is 2.83 bits per heavy atom. The van der Waals surface area contributed by atoms with E-state index in [2.05, 4.69) is 26.6 Å². The Labute approximate surface area is 154 Å². The molecule has 0 fully saturated rings. The molecule has 0 radical (unpaired) electrons. The Morgan fingerprint density at radius 2 is 2.08 bits per heavy atom. The molecule has 7 heteroatoms. The Hall–Kier alpha value is -2.12. The second-order valence-electron chi connectivity index (χ2n) is 5.24. The molecule has 1 amide bonds. The van der Waals surface area contributed by atoms with Gasteiger partial charge in [-0.05, 0) is 42.5 Å². The minimum atomic E-state index is -0.618. The van der Waals surface area contributed by atoms with Gasteiger partial charge in [0.2, 0.25) is 0 Å². The maximum absolute atomic E-state index is 12.0. The summed E-state index contributed by atoms with van der Waals surface area (Å²) in [6.07, 6.45) is -0.618. The Morgan fingerprint density at radius 1 is 1.29 bits per heavy atom. The molecule has 0 unspecified atom stereocenters. The summed E-state index contributed by atoms with van der Waals surface area (Å²) in [5, 5.41) is 6.34. The van der Waals surface area contributed by atoms with Crippen LogP contribution in [0.1, 0.15) is 0 Å². The van der Waals surface area contributed by atoms with E-state index in [1.165, 1.54) is 0 Å². The first-order valence-corrected chi connectivity index (χ1v) is 8.60. The first-order valence-electron chi connectivity index (χ1n) is 7.40. The predicted molar refractivity (Wildman–Crippen MR) is 103 cm³/mol. The number of carbonyl (C=O) groups is 1. The molecule has 5 nitrogen and oxygen atoms in total. The maximum Gasteiger partial charge on any atom is 0.262 e. The first-order chi connectivity index (χ1) is 11.6. The van der Waals surface area contributed by atoms with Crippen LogP contribution in [0.5, 0.6) is 5.75 Å². The minimum absolute atomic E-state index is 0.181. The SMILES string of the molecule is CNC(=O)[C@@H]1CN(C(=S)Nc2cccc(Br)c2)c2ccccc2O1. The fourth-order valence-corrected chi connectivity index (χ4v) is 3.17. The number of halogens is 1. The molecule has 0 saturated carbocycles. The number of rotatable bonds is 2. The van der Waals surface area contributed by atoms with Gasteiger partial charge < -0.3 is 20.3 Å². The third kappa shape index (κ3) is 3.52. The lowest BCUT2D eigenvalue weighted by atomic mass is 10.2. The number of anilines is 2. The standard InChI is InChI=1S/C17H16BrN3O2S/c1-19-16(22)15-10-21(13-7-2-3-8-14(13)23-15)17(24)20-12-6-4-5-11(18)9-12/h2-9,15H,10H2,1H3,(H,19,22)(H,20,24)/t15-/m0/s1. The van der Waals surface area contributed by atoms with Crippen molar-refractivity contribution in [2.24, 2.45) is 0 Å². The van der Waals surface area contributed by atoms with Gasteiger partial charge in [0, 0.05) is 17.2 Å². The quantitative estimate of drug-likeness (QED) is 0.751. The number of fused-ring (bicyclic) bond motifs is 1. The average molecular weight is 406 g/mol. The topological polar surface area (TPSA) is 53.6 Å². The number of hydrogen-bond donors (Lipinski definition) is 2. The molecule has 1 aliphatic rings. The van der Waals surface area contributed by atoms with Gasteiger partial charge in [-0.1, -0.05) is 34.1 Å². The van der Waals surface area contributed by atoms with Crippen molar-refractivity contribution in [2.45, 2.75) is 6.10 Å². The predicted octanol–water partition coefficient (Wildman–Crippen LogP) is 3.16. The molecule has 0 spiro atoms. The smallest absolute Gasteiger partial charge is 0.262 e. The summed E-state index contributed by atoms with van der Waals surface area (Å²) in [5.41, 5.74) is 1.71. The monoisotopic (exact) mass is 405 g/mol. The highest BCUT2D eigenvalue weighted by Gasteiger charge is 2.31. The van der Waals surface area contributed by atoms with Gasteiger partial charge in [-0.25, -0.2) is 0 Å². The normalized spacial score (nSPS) is 15.9. The van der Waals surface area contributed by atoms with E-state index in [0.29, 0.717) is 17.4 Å². The molecule has 1 aliphatic heterocycles. The van der Waals surface area contributed by atoms with Gasteiger partial charge in [-0.3, -0.25) is 4.79 Å². The van der Waals surface area contributed by atoms with Crippen LogP contribution in [0, 0.1) is 0 Å². The van der Waals surface area contributed by atoms with Gasteiger partial charge in [0.05, 0.1) is 12.2 Å². The number of likely N-dealkylation sites (N-methyl/N-ethyl adjacent to an activating group) is 1. The summed E-state index contributed by atoms with van der Waals surface area (Å²) in [5.74, 6) is 0.454. The lowest BCUT2D eigenvalue weighted by molar-refractivity contribution is -0.127. The fraction of sp³-hybridized carbons (Fsp3) is 0.176. The number of para-hydroxylation sites is 2. The summed E-state index contributed by atoms with van der Waals surface area (Å²) >= 11 is 9.01. The van der Waals surface area contributed by atoms with E-state index < -0.39 is 6.10 Å². The molecule has 2 aromatic rings. The zero-order valence-corrected chi connectivity index (χ0v) is 15.4. The molecule has 124 valence electrons. The van der Waals surface area contributed by atoms with Crippen LogP contribution >= 0.6 is 28.1 Å². The molecule has 0 aromatic heterocycles. The molecule has 1 heterocycles. The van der Waals surface area contributed by atoms with Crippen molar-refractivity contribution < 1.29 is 9.53 Å². The van der Waals surface area contributed by atoms with Gasteiger partial charge in [-0.15, -0.1) is 0 Å². The van der Waals surface area contributed by atoms with Crippen LogP contribution in [-0.2, 0) is 4.79 Å². The van der Waals surface area contributed by atoms with E-state index >= 15 is 0 Å². The van der Waals surface area contributed by atoms with Crippen LogP contribution in [0.3, 0.4) is 0 Å². The second-order valence-corrected chi connectivity index (χ2v) is 6.54. The van der Waals surface area contributed by atoms with Gasteiger partial charge in [0.15, 0.2) is 11.2 Å². The van der Waals surface area contributed by atoms with Gasteiger partial charge in [0.1, 0.15) is 5.75 Å². The summed E-state index contributed by atoms with van der Waals surface area (Å²) in [7, 11) is 1.59. The van der Waals surface area contributed by atoms with Crippen molar-refractivity contribution in [3.05, 3.63) is 53.0 Å². The fourth-order valence-electron chi connectivity index (χ4n) is 2.48. The molecule has 1 atom stereocenters. The Bertz CT molecular complexity index is 784. The average Bonchev–Trinajstić information content (AvgIpc) is 2.60. The van der Waals surface area contributed by atoms with Crippen molar-refractivity contribution in [2.75, 3.05) is 23.8 Å². The Balaban J connectivity index is 1.87. The molecular formula is C17H16BrN3O2S. The number of carbonyl (C=O) groups excluding carboxylic acids is 1. The third-order valence-corrected chi connectivity index (χ3v) is 4.45. The van der Waals surface area contributed by atoms with Gasteiger partial charge in [-0.2, -0.15) is 0 Å². The molecule has 2 aromatic carbocycles. The van der Waals surface area contributed by atoms with Crippen LogP contribution in [0.2, 0.25) is 0 Å². The zero-order chi connectivity index (χ0) is 17.1. The molecular weight excluding hydrogens is 390 g/mol. The number of amides is 1. The van der Waals surface area contributed by atoms with E-state index in [9.17, 15) is 4.79 Å². The van der Waals surface area contributed by atoms with E-state index in [4.69, 9.17) is 17.0 Å². The number of thiocarbonyl (C=S) groups is 1. The van der Waals surface area contributed by atoms with E-state index in [0.717, 1.165) is 15.8 Å². The van der Waals surface area contributed by atoms with E-state index in [1.54, 1.807) is 7.05 Å². The van der Waals surface area contributed by atoms with Crippen molar-refractivity contribution in [1.82, 2.24) is 5.32 Å². The zero-order valence-electron chi connectivity index (χ0n) is 13.0. The maximum atomic E-state index is 12.0. The van der Waals surface area contributed by atoms with Crippen LogP contribution in [0.25, 0.3) is 0 Å². The molecule has 2 N–H and O–H groups in total. The van der Waals surface area contributed by atoms with Gasteiger partial charge in [0.25, 0.3) is 5.91 Å². The highest BCUT2D eigenvalue weighted by atomic mass is 79.9. The Kier molecular flexibility index (Phi) is 5.01. The number of benzene rings is 2. The third-order valence-electron chi connectivity index (χ3n) is 3.63. The van der Waals surface area contributed by atoms with Crippen LogP contribution in [-0.4, -0.2) is 30.7 Å². The summed E-state index contributed by atoms with van der Waals surface area (Å²) in [6.45, 7) is 0.344. The molecule has 24 heavy (non-hydrogen) atoms. The minimum Gasteiger partial charge on any atom is -0.477 e. The van der Waals surface area contributed by atoms with Crippen molar-refractivity contribution in [3.8, 4) is 5.75 Å². The highest BCUT2D eigenvalue weighted by Crippen LogP contribution is 2.33. The van der Waals surface area contributed by atoms with E-state index in [-0.39, 0.29) is 5.91 Å². The largest absolute Gasteiger partial charge is 0.477 e. The lowest BCUT2D eigenvalue weighted by Gasteiger charge is -2.35. The molecule has 3 rings (SSSR count). The summed E-state index contributed by atoms with van der Waals surface area (Å²) < 4.78 is 6.74. The van der Waals surface area contributed by atoms with Crippen LogP contribution < -0.4 is 20.3 Å². The first kappa shape index (κ1) is 16.7. The number of hydrogen-bond acceptors (Lipinski definition) is 3. The lowest BCUT2D eigenvalue weighted by Crippen LogP contribution is -2.51. The summed E-state index contributed by atoms with van der Waals surface area (Å²) in [6, 6.07) is 15.3. The van der Waals surface area contributed by atoms with Crippen molar-refractivity contribution >= 4 is 50.5 Å². The van der Waals surface area contributed by atoms with E-state index in [1.807, 2.05) is 53.4 Å². The number of nitrogens with zero attached hydrogens (tertiary/aromatic N) is 1. The highest BCUT2D eigenvalue weighted by molar-refractivity contribution is 9.10. The molecule has 0 saturated heterocycles. The summed E-state index contributed by atoms with van der Waals surface area (Å²) in [4.78, 5) is 13.9. The van der Waals surface area contributed by atoms with Crippen LogP contribution in [0.4, 0.5) is 11.4 Å². The number of ether oxygens (including phenoxy) is 1. The number of nitrogens with one attached hydrogen (secondary N) is 2. The van der Waals surface area contributed by atoms with Crippen LogP contribution in [0.15, 0.2) is 53.0 Å². The molecule has 0 aliphatic carbocycles. The van der Waals surface area contributed by atoms with Crippen molar-refractivity contribution in [1.29, 1.82) is 0 Å². The van der Waals surface area contributed by atoms with Gasteiger partial charge >= 0.3 is 0 Å². The molecule has 0 bridgehead atoms. The second kappa shape index (κ2) is 7.19. The van der Waals surface area contributed by atoms with Crippen molar-refractivity contribution in [3.63, 3.8) is 0 Å².